The third kappa shape index (κ3) is 3.02. The van der Waals surface area contributed by atoms with Crippen LogP contribution in [0.4, 0.5) is 11.4 Å². The summed E-state index contributed by atoms with van der Waals surface area (Å²) in [5.41, 5.74) is 15.7. The molecule has 2 heterocycles. The van der Waals surface area contributed by atoms with Gasteiger partial charge in [0.25, 0.3) is 0 Å². The normalized spacial score (nSPS) is 23.0. The Balaban J connectivity index is 1.81. The molecule has 2 fully saturated rings. The van der Waals surface area contributed by atoms with Crippen molar-refractivity contribution in [2.24, 2.45) is 21.5 Å². The first kappa shape index (κ1) is 17.2. The number of anilines is 2. The summed E-state index contributed by atoms with van der Waals surface area (Å²) in [6.45, 7) is 4.32. The van der Waals surface area contributed by atoms with Crippen molar-refractivity contribution < 1.29 is 0 Å². The van der Waals surface area contributed by atoms with Gasteiger partial charge in [-0.05, 0) is 69.6 Å². The summed E-state index contributed by atoms with van der Waals surface area (Å²) in [6, 6.07) is 6.66. The summed E-state index contributed by atoms with van der Waals surface area (Å²) in [6.07, 6.45) is 9.27. The molecule has 1 aromatic carbocycles. The molecule has 1 aromatic rings. The minimum absolute atomic E-state index is 0.313. The maximum atomic E-state index is 6.45. The molecule has 0 radical (unpaired) electrons. The lowest BCUT2D eigenvalue weighted by atomic mass is 9.87. The lowest BCUT2D eigenvalue weighted by molar-refractivity contribution is 0.305. The topological polar surface area (TPSA) is 83.2 Å². The molecule has 3 aliphatic rings. The van der Waals surface area contributed by atoms with Gasteiger partial charge in [-0.2, -0.15) is 4.99 Å². The van der Waals surface area contributed by atoms with E-state index in [-0.39, 0.29) is 5.66 Å². The zero-order valence-electron chi connectivity index (χ0n) is 15.7. The van der Waals surface area contributed by atoms with Crippen molar-refractivity contribution in [3.8, 4) is 0 Å². The van der Waals surface area contributed by atoms with Crippen LogP contribution in [0.25, 0.3) is 0 Å². The highest BCUT2D eigenvalue weighted by molar-refractivity contribution is 6.07. The second kappa shape index (κ2) is 6.82. The van der Waals surface area contributed by atoms with E-state index in [0.29, 0.717) is 11.9 Å². The van der Waals surface area contributed by atoms with Crippen LogP contribution in [-0.2, 0) is 0 Å². The van der Waals surface area contributed by atoms with Crippen LogP contribution in [0.1, 0.15) is 56.9 Å². The zero-order chi connectivity index (χ0) is 18.1. The number of nitrogens with zero attached hydrogens (tertiary/aromatic N) is 4. The maximum absolute atomic E-state index is 6.45. The number of hydrogen-bond acceptors (Lipinski definition) is 6. The molecule has 1 saturated heterocycles. The van der Waals surface area contributed by atoms with E-state index in [1.54, 1.807) is 0 Å². The molecule has 0 bridgehead atoms. The lowest BCUT2D eigenvalue weighted by Crippen LogP contribution is -2.58. The van der Waals surface area contributed by atoms with Gasteiger partial charge in [0.2, 0.25) is 11.9 Å². The molecule has 6 heteroatoms. The number of nitrogens with two attached hydrogens (primary N) is 2. The van der Waals surface area contributed by atoms with Gasteiger partial charge in [-0.15, -0.1) is 0 Å². The minimum Gasteiger partial charge on any atom is -0.370 e. The first-order valence-corrected chi connectivity index (χ1v) is 9.94. The first-order chi connectivity index (χ1) is 12.6. The molecule has 1 aliphatic carbocycles. The predicted molar refractivity (Wildman–Crippen MR) is 109 cm³/mol. The van der Waals surface area contributed by atoms with Gasteiger partial charge < -0.3 is 16.4 Å². The number of guanidine groups is 2. The molecule has 1 saturated carbocycles. The number of rotatable bonds is 2. The van der Waals surface area contributed by atoms with Crippen LogP contribution in [0.3, 0.4) is 0 Å². The monoisotopic (exact) mass is 354 g/mol. The predicted octanol–water partition coefficient (Wildman–Crippen LogP) is 3.10. The van der Waals surface area contributed by atoms with Crippen LogP contribution >= 0.6 is 0 Å². The molecule has 4 N–H and O–H groups in total. The van der Waals surface area contributed by atoms with Gasteiger partial charge in [-0.1, -0.05) is 12.5 Å². The van der Waals surface area contributed by atoms with Gasteiger partial charge in [0.1, 0.15) is 5.66 Å². The van der Waals surface area contributed by atoms with Crippen LogP contribution in [0.15, 0.2) is 28.2 Å². The Morgan fingerprint density at radius 2 is 1.62 bits per heavy atom. The van der Waals surface area contributed by atoms with E-state index in [1.165, 1.54) is 36.9 Å². The van der Waals surface area contributed by atoms with Gasteiger partial charge in [0.05, 0.1) is 11.4 Å². The Hall–Kier alpha value is -2.24. The van der Waals surface area contributed by atoms with Crippen molar-refractivity contribution in [2.45, 2.75) is 64.0 Å². The number of benzene rings is 1. The second-order valence-electron chi connectivity index (χ2n) is 7.86. The Morgan fingerprint density at radius 3 is 2.35 bits per heavy atom. The molecule has 140 valence electrons. The number of aliphatic imine (C=N–C) groups is 2. The largest absolute Gasteiger partial charge is 0.370 e. The average molecular weight is 355 g/mol. The number of piperidine rings is 1. The SMILES string of the molecule is Cc1ccc(N2CCCCC2)c(N2C(N)=NC(N)=NC23CCCCC3)c1. The van der Waals surface area contributed by atoms with Gasteiger partial charge >= 0.3 is 0 Å². The van der Waals surface area contributed by atoms with E-state index in [9.17, 15) is 0 Å². The van der Waals surface area contributed by atoms with Crippen molar-refractivity contribution >= 4 is 23.3 Å². The quantitative estimate of drug-likeness (QED) is 0.855. The average Bonchev–Trinajstić information content (AvgIpc) is 2.62. The molecule has 26 heavy (non-hydrogen) atoms. The highest BCUT2D eigenvalue weighted by Crippen LogP contribution is 2.43. The fraction of sp³-hybridized carbons (Fsp3) is 0.600. The molecule has 0 unspecified atom stereocenters. The molecular weight excluding hydrogens is 324 g/mol. The van der Waals surface area contributed by atoms with Crippen LogP contribution in [0, 0.1) is 6.92 Å². The molecule has 2 aliphatic heterocycles. The summed E-state index contributed by atoms with van der Waals surface area (Å²) in [4.78, 5) is 13.8. The Bertz CT molecular complexity index is 726. The highest BCUT2D eigenvalue weighted by atomic mass is 15.4. The number of hydrogen-bond donors (Lipinski definition) is 2. The van der Waals surface area contributed by atoms with Crippen molar-refractivity contribution in [2.75, 3.05) is 22.9 Å². The van der Waals surface area contributed by atoms with Crippen molar-refractivity contribution in [3.63, 3.8) is 0 Å². The third-order valence-corrected chi connectivity index (χ3v) is 5.92. The second-order valence-corrected chi connectivity index (χ2v) is 7.86. The summed E-state index contributed by atoms with van der Waals surface area (Å²) in [5, 5.41) is 0. The molecular formula is C20H30N6. The van der Waals surface area contributed by atoms with Gasteiger partial charge in [0.15, 0.2) is 0 Å². The molecule has 6 nitrogen and oxygen atoms in total. The Morgan fingerprint density at radius 1 is 0.923 bits per heavy atom. The lowest BCUT2D eigenvalue weighted by Gasteiger charge is -2.47. The van der Waals surface area contributed by atoms with Crippen LogP contribution in [0.2, 0.25) is 0 Å². The summed E-state index contributed by atoms with van der Waals surface area (Å²) in [5.74, 6) is 0.788. The van der Waals surface area contributed by atoms with Crippen LogP contribution < -0.4 is 21.3 Å². The summed E-state index contributed by atoms with van der Waals surface area (Å²) < 4.78 is 0. The van der Waals surface area contributed by atoms with Crippen molar-refractivity contribution in [1.29, 1.82) is 0 Å². The highest BCUT2D eigenvalue weighted by Gasteiger charge is 2.43. The van der Waals surface area contributed by atoms with Gasteiger partial charge in [-0.3, -0.25) is 4.90 Å². The van der Waals surface area contributed by atoms with Crippen molar-refractivity contribution in [3.05, 3.63) is 23.8 Å². The van der Waals surface area contributed by atoms with E-state index >= 15 is 0 Å². The Labute approximate surface area is 156 Å². The Kier molecular flexibility index (Phi) is 4.51. The summed E-state index contributed by atoms with van der Waals surface area (Å²) >= 11 is 0. The zero-order valence-corrected chi connectivity index (χ0v) is 15.7. The van der Waals surface area contributed by atoms with E-state index in [1.807, 2.05) is 0 Å². The third-order valence-electron chi connectivity index (χ3n) is 5.92. The molecule has 4 rings (SSSR count). The fourth-order valence-corrected chi connectivity index (χ4v) is 4.68. The molecule has 0 atom stereocenters. The van der Waals surface area contributed by atoms with Crippen molar-refractivity contribution in [1.82, 2.24) is 0 Å². The number of aryl methyl sites for hydroxylation is 1. The smallest absolute Gasteiger partial charge is 0.220 e. The van der Waals surface area contributed by atoms with Gasteiger partial charge in [-0.25, -0.2) is 4.99 Å². The molecule has 0 amide bonds. The van der Waals surface area contributed by atoms with E-state index in [2.05, 4.69) is 39.9 Å². The van der Waals surface area contributed by atoms with E-state index < -0.39 is 0 Å². The van der Waals surface area contributed by atoms with Crippen LogP contribution in [-0.4, -0.2) is 30.7 Å². The molecule has 0 aromatic heterocycles. The van der Waals surface area contributed by atoms with Gasteiger partial charge in [0, 0.05) is 13.1 Å². The summed E-state index contributed by atoms with van der Waals surface area (Å²) in [7, 11) is 0. The van der Waals surface area contributed by atoms with Crippen LogP contribution in [0.5, 0.6) is 0 Å². The first-order valence-electron chi connectivity index (χ1n) is 9.94. The fourth-order valence-electron chi connectivity index (χ4n) is 4.68. The molecule has 1 spiro atoms. The minimum atomic E-state index is -0.382. The van der Waals surface area contributed by atoms with E-state index in [0.717, 1.165) is 44.5 Å². The standard InChI is InChI=1S/C20H30N6/c1-15-8-9-16(25-12-6-3-7-13-25)17(14-15)26-19(22)23-18(21)24-20(26)10-4-2-5-11-20/h8-9,14H,2-7,10-13H2,1H3,(H4,21,22,23,24). The van der Waals surface area contributed by atoms with E-state index in [4.69, 9.17) is 16.5 Å². The maximum Gasteiger partial charge on any atom is 0.220 e.